The third-order valence-electron chi connectivity index (χ3n) is 3.20. The molecule has 110 valence electrons. The minimum atomic E-state index is -0.737. The van der Waals surface area contributed by atoms with Gasteiger partial charge >= 0.3 is 5.97 Å². The lowest BCUT2D eigenvalue weighted by Gasteiger charge is -2.19. The number of hydrogen-bond donors (Lipinski definition) is 0. The van der Waals surface area contributed by atoms with Gasteiger partial charge in [0.25, 0.3) is 0 Å². The second-order valence-electron chi connectivity index (χ2n) is 4.62. The fraction of sp³-hybridized carbons (Fsp3) is 0.278. The monoisotopic (exact) mass is 284 g/mol. The van der Waals surface area contributed by atoms with Gasteiger partial charge in [-0.1, -0.05) is 55.5 Å². The Kier molecular flexibility index (Phi) is 5.38. The molecule has 1 atom stereocenters. The minimum absolute atomic E-state index is 0.334. The highest BCUT2D eigenvalue weighted by Gasteiger charge is 2.24. The fourth-order valence-electron chi connectivity index (χ4n) is 2.14. The molecule has 0 bridgehead atoms. The zero-order valence-corrected chi connectivity index (χ0v) is 12.4. The molecule has 21 heavy (non-hydrogen) atoms. The summed E-state index contributed by atoms with van der Waals surface area (Å²) in [6.45, 7) is 4.19. The van der Waals surface area contributed by atoms with Gasteiger partial charge in [0.2, 0.25) is 6.10 Å². The Morgan fingerprint density at radius 2 is 1.67 bits per heavy atom. The second kappa shape index (κ2) is 7.48. The number of benzene rings is 2. The van der Waals surface area contributed by atoms with Crippen molar-refractivity contribution in [3.63, 3.8) is 0 Å². The van der Waals surface area contributed by atoms with E-state index in [0.29, 0.717) is 6.61 Å². The molecule has 0 fully saturated rings. The first kappa shape index (κ1) is 15.1. The molecule has 2 rings (SSSR count). The topological polar surface area (TPSA) is 35.5 Å². The zero-order valence-electron chi connectivity index (χ0n) is 12.4. The molecule has 0 saturated carbocycles. The Morgan fingerprint density at radius 3 is 2.33 bits per heavy atom. The van der Waals surface area contributed by atoms with Crippen LogP contribution in [0.2, 0.25) is 0 Å². The highest BCUT2D eigenvalue weighted by molar-refractivity contribution is 5.77. The summed E-state index contributed by atoms with van der Waals surface area (Å²) < 4.78 is 11.1. The average molecular weight is 284 g/mol. The minimum Gasteiger partial charge on any atom is -0.474 e. The molecule has 0 N–H and O–H groups in total. The van der Waals surface area contributed by atoms with Gasteiger partial charge in [-0.05, 0) is 25.0 Å². The first-order chi connectivity index (χ1) is 10.3. The van der Waals surface area contributed by atoms with E-state index in [1.54, 1.807) is 6.92 Å². The van der Waals surface area contributed by atoms with Crippen LogP contribution in [0.5, 0.6) is 5.75 Å². The molecule has 0 amide bonds. The van der Waals surface area contributed by atoms with Crippen molar-refractivity contribution < 1.29 is 14.3 Å². The number of hydrogen-bond acceptors (Lipinski definition) is 3. The van der Waals surface area contributed by atoms with Crippen LogP contribution >= 0.6 is 0 Å². The molecule has 0 aliphatic carbocycles. The van der Waals surface area contributed by atoms with Crippen LogP contribution in [-0.2, 0) is 16.0 Å². The Hall–Kier alpha value is -2.29. The van der Waals surface area contributed by atoms with Crippen LogP contribution in [0.1, 0.15) is 31.1 Å². The number of ether oxygens (including phenoxy) is 2. The van der Waals surface area contributed by atoms with E-state index in [9.17, 15) is 4.79 Å². The molecule has 0 aromatic heterocycles. The predicted octanol–water partition coefficient (Wildman–Crippen LogP) is 3.93. The normalized spacial score (nSPS) is 11.7. The van der Waals surface area contributed by atoms with E-state index in [1.807, 2.05) is 54.6 Å². The second-order valence-corrected chi connectivity index (χ2v) is 4.62. The molecule has 0 heterocycles. The van der Waals surface area contributed by atoms with Gasteiger partial charge in [-0.2, -0.15) is 0 Å². The molecule has 0 spiro atoms. The third-order valence-corrected chi connectivity index (χ3v) is 3.20. The third kappa shape index (κ3) is 3.85. The maximum atomic E-state index is 12.2. The summed E-state index contributed by atoms with van der Waals surface area (Å²) in [6, 6.07) is 17.2. The number of carbonyl (C=O) groups is 1. The van der Waals surface area contributed by atoms with Crippen LogP contribution < -0.4 is 4.74 Å². The number of rotatable bonds is 6. The molecule has 0 aliphatic heterocycles. The molecular weight excluding hydrogens is 264 g/mol. The molecular formula is C18H20O3. The molecule has 2 aromatic rings. The van der Waals surface area contributed by atoms with E-state index >= 15 is 0 Å². The Bertz CT molecular complexity index is 578. The fourth-order valence-corrected chi connectivity index (χ4v) is 2.14. The molecule has 0 aliphatic rings. The number of esters is 1. The number of para-hydroxylation sites is 1. The van der Waals surface area contributed by atoms with E-state index in [0.717, 1.165) is 23.3 Å². The van der Waals surface area contributed by atoms with Crippen molar-refractivity contribution >= 4 is 5.97 Å². The lowest BCUT2D eigenvalue weighted by Crippen LogP contribution is -2.21. The summed E-state index contributed by atoms with van der Waals surface area (Å²) in [5.41, 5.74) is 1.87. The standard InChI is InChI=1S/C18H20O3/c1-3-14-10-8-9-13-16(14)21-17(18(19)20-4-2)15-11-6-5-7-12-15/h5-13,17H,3-4H2,1-2H3. The molecule has 3 heteroatoms. The quantitative estimate of drug-likeness (QED) is 0.754. The van der Waals surface area contributed by atoms with E-state index < -0.39 is 6.10 Å². The Balaban J connectivity index is 2.30. The van der Waals surface area contributed by atoms with Crippen molar-refractivity contribution in [3.8, 4) is 5.75 Å². The highest BCUT2D eigenvalue weighted by Crippen LogP contribution is 2.26. The summed E-state index contributed by atoms with van der Waals surface area (Å²) in [6.07, 6.45) is 0.111. The lowest BCUT2D eigenvalue weighted by molar-refractivity contribution is -0.151. The smallest absolute Gasteiger partial charge is 0.352 e. The maximum absolute atomic E-state index is 12.2. The SMILES string of the molecule is CCOC(=O)C(Oc1ccccc1CC)c1ccccc1. The number of aryl methyl sites for hydroxylation is 1. The average Bonchev–Trinajstić information content (AvgIpc) is 2.54. The van der Waals surface area contributed by atoms with Gasteiger partial charge in [-0.3, -0.25) is 0 Å². The van der Waals surface area contributed by atoms with E-state index in [4.69, 9.17) is 9.47 Å². The van der Waals surface area contributed by atoms with E-state index in [-0.39, 0.29) is 5.97 Å². The number of carbonyl (C=O) groups excluding carboxylic acids is 1. The Morgan fingerprint density at radius 1 is 1.00 bits per heavy atom. The van der Waals surface area contributed by atoms with Crippen LogP contribution in [-0.4, -0.2) is 12.6 Å². The van der Waals surface area contributed by atoms with Crippen LogP contribution in [0.25, 0.3) is 0 Å². The van der Waals surface area contributed by atoms with Crippen molar-refractivity contribution in [2.75, 3.05) is 6.61 Å². The Labute approximate surface area is 125 Å². The molecule has 3 nitrogen and oxygen atoms in total. The van der Waals surface area contributed by atoms with Crippen LogP contribution in [0.15, 0.2) is 54.6 Å². The van der Waals surface area contributed by atoms with Crippen molar-refractivity contribution in [3.05, 3.63) is 65.7 Å². The van der Waals surface area contributed by atoms with E-state index in [1.165, 1.54) is 0 Å². The first-order valence-electron chi connectivity index (χ1n) is 7.22. The summed E-state index contributed by atoms with van der Waals surface area (Å²) in [4.78, 5) is 12.2. The van der Waals surface area contributed by atoms with Crippen molar-refractivity contribution in [1.82, 2.24) is 0 Å². The molecule has 0 radical (unpaired) electrons. The van der Waals surface area contributed by atoms with Gasteiger partial charge in [0.15, 0.2) is 0 Å². The van der Waals surface area contributed by atoms with E-state index in [2.05, 4.69) is 6.92 Å². The van der Waals surface area contributed by atoms with Crippen LogP contribution in [0.4, 0.5) is 0 Å². The molecule has 1 unspecified atom stereocenters. The summed E-state index contributed by atoms with van der Waals surface area (Å²) in [5.74, 6) is 0.358. The molecule has 0 saturated heterocycles. The first-order valence-corrected chi connectivity index (χ1v) is 7.22. The van der Waals surface area contributed by atoms with Crippen LogP contribution in [0, 0.1) is 0 Å². The van der Waals surface area contributed by atoms with Crippen molar-refractivity contribution in [1.29, 1.82) is 0 Å². The van der Waals surface area contributed by atoms with Gasteiger partial charge in [0, 0.05) is 5.56 Å². The van der Waals surface area contributed by atoms with Gasteiger partial charge in [0.1, 0.15) is 5.75 Å². The largest absolute Gasteiger partial charge is 0.474 e. The van der Waals surface area contributed by atoms with Crippen LogP contribution in [0.3, 0.4) is 0 Å². The van der Waals surface area contributed by atoms with Gasteiger partial charge in [-0.25, -0.2) is 4.79 Å². The van der Waals surface area contributed by atoms with Gasteiger partial charge in [-0.15, -0.1) is 0 Å². The predicted molar refractivity (Wildman–Crippen MR) is 82.3 cm³/mol. The summed E-state index contributed by atoms with van der Waals surface area (Å²) in [5, 5.41) is 0. The highest BCUT2D eigenvalue weighted by atomic mass is 16.6. The van der Waals surface area contributed by atoms with Gasteiger partial charge < -0.3 is 9.47 Å². The van der Waals surface area contributed by atoms with Crippen molar-refractivity contribution in [2.24, 2.45) is 0 Å². The van der Waals surface area contributed by atoms with Gasteiger partial charge in [0.05, 0.1) is 6.61 Å². The molecule has 2 aromatic carbocycles. The van der Waals surface area contributed by atoms with Crippen molar-refractivity contribution in [2.45, 2.75) is 26.4 Å². The summed E-state index contributed by atoms with van der Waals surface area (Å²) >= 11 is 0. The maximum Gasteiger partial charge on any atom is 0.352 e. The zero-order chi connectivity index (χ0) is 15.1. The summed E-state index contributed by atoms with van der Waals surface area (Å²) in [7, 11) is 0. The lowest BCUT2D eigenvalue weighted by atomic mass is 10.1.